The minimum atomic E-state index is -4.50. The van der Waals surface area contributed by atoms with Crippen molar-refractivity contribution in [1.29, 1.82) is 0 Å². The number of hydrogen-bond donors (Lipinski definition) is 0. The van der Waals surface area contributed by atoms with Crippen LogP contribution in [0, 0.1) is 0 Å². The fourth-order valence-electron chi connectivity index (χ4n) is 4.22. The number of anilines is 1. The zero-order valence-corrected chi connectivity index (χ0v) is 19.0. The van der Waals surface area contributed by atoms with Gasteiger partial charge in [-0.3, -0.25) is 0 Å². The van der Waals surface area contributed by atoms with Crippen molar-refractivity contribution in [2.45, 2.75) is 32.1 Å². The van der Waals surface area contributed by atoms with Gasteiger partial charge in [0.25, 0.3) is 0 Å². The van der Waals surface area contributed by atoms with E-state index < -0.39 is 11.7 Å². The van der Waals surface area contributed by atoms with Gasteiger partial charge in [0.15, 0.2) is 5.82 Å². The molecule has 8 nitrogen and oxygen atoms in total. The van der Waals surface area contributed by atoms with Crippen molar-refractivity contribution in [2.75, 3.05) is 18.1 Å². The lowest BCUT2D eigenvalue weighted by Gasteiger charge is -2.38. The van der Waals surface area contributed by atoms with E-state index in [-0.39, 0.29) is 17.6 Å². The number of hydrogen-bond acceptors (Lipinski definition) is 7. The summed E-state index contributed by atoms with van der Waals surface area (Å²) in [5.74, 6) is 0.724. The van der Waals surface area contributed by atoms with Crippen LogP contribution in [0.3, 0.4) is 0 Å². The minimum absolute atomic E-state index is 0.00593. The molecule has 2 atom stereocenters. The molecule has 5 rings (SSSR count). The molecule has 0 N–H and O–H groups in total. The smallest absolute Gasteiger partial charge is 0.377 e. The van der Waals surface area contributed by atoms with E-state index in [9.17, 15) is 13.2 Å². The second kappa shape index (κ2) is 9.06. The van der Waals surface area contributed by atoms with Crippen molar-refractivity contribution in [3.8, 4) is 28.3 Å². The van der Waals surface area contributed by atoms with Gasteiger partial charge in [-0.1, -0.05) is 30.3 Å². The molecule has 2 aromatic carbocycles. The molecule has 1 fully saturated rings. The Morgan fingerprint density at radius 2 is 1.71 bits per heavy atom. The first kappa shape index (κ1) is 22.9. The Morgan fingerprint density at radius 3 is 2.43 bits per heavy atom. The van der Waals surface area contributed by atoms with E-state index in [1.165, 1.54) is 10.7 Å². The van der Waals surface area contributed by atoms with E-state index in [2.05, 4.69) is 20.5 Å². The van der Waals surface area contributed by atoms with Gasteiger partial charge in [0, 0.05) is 11.8 Å². The average Bonchev–Trinajstić information content (AvgIpc) is 3.34. The van der Waals surface area contributed by atoms with Crippen LogP contribution in [0.4, 0.5) is 19.1 Å². The number of morpholine rings is 1. The second-order valence-corrected chi connectivity index (χ2v) is 8.40. The lowest BCUT2D eigenvalue weighted by atomic mass is 10.0. The lowest BCUT2D eigenvalue weighted by Crippen LogP contribution is -2.50. The zero-order valence-electron chi connectivity index (χ0n) is 19.0. The Hall–Kier alpha value is -3.86. The Morgan fingerprint density at radius 1 is 0.971 bits per heavy atom. The molecule has 4 aromatic rings. The van der Waals surface area contributed by atoms with E-state index in [4.69, 9.17) is 9.72 Å². The quantitative estimate of drug-likeness (QED) is 0.427. The molecule has 1 aliphatic heterocycles. The maximum atomic E-state index is 13.5. The van der Waals surface area contributed by atoms with Gasteiger partial charge in [0.05, 0.1) is 47.8 Å². The summed E-state index contributed by atoms with van der Waals surface area (Å²) in [7, 11) is 0. The standard InChI is InChI=1S/C24H22F3N7O/c1-15-13-35-14-16(2)33(15)23-28-12-20(22-30-31-32-34(22)19-9-4-3-5-10-19)21(29-23)17-7-6-8-18(11-17)24(25,26)27/h3-12,15-16H,13-14H2,1-2H3/t15-,16-/m0/s1. The number of tetrazole rings is 1. The van der Waals surface area contributed by atoms with Crippen LogP contribution >= 0.6 is 0 Å². The highest BCUT2D eigenvalue weighted by molar-refractivity contribution is 5.78. The van der Waals surface area contributed by atoms with Crippen LogP contribution in [0.5, 0.6) is 0 Å². The molecule has 2 aromatic heterocycles. The number of aromatic nitrogens is 6. The fourth-order valence-corrected chi connectivity index (χ4v) is 4.22. The molecule has 0 radical (unpaired) electrons. The fraction of sp³-hybridized carbons (Fsp3) is 0.292. The third-order valence-corrected chi connectivity index (χ3v) is 5.85. The predicted molar refractivity (Wildman–Crippen MR) is 123 cm³/mol. The Labute approximate surface area is 199 Å². The zero-order chi connectivity index (χ0) is 24.6. The van der Waals surface area contributed by atoms with E-state index in [1.807, 2.05) is 49.1 Å². The summed E-state index contributed by atoms with van der Waals surface area (Å²) in [4.78, 5) is 11.4. The molecule has 0 spiro atoms. The average molecular weight is 481 g/mol. The molecule has 35 heavy (non-hydrogen) atoms. The Kier molecular flexibility index (Phi) is 5.93. The molecule has 11 heteroatoms. The van der Waals surface area contributed by atoms with Gasteiger partial charge in [-0.2, -0.15) is 17.9 Å². The molecule has 3 heterocycles. The molecular formula is C24H22F3N7O. The summed E-state index contributed by atoms with van der Waals surface area (Å²) in [6.07, 6.45) is -2.93. The molecule has 0 aliphatic carbocycles. The van der Waals surface area contributed by atoms with Crippen molar-refractivity contribution < 1.29 is 17.9 Å². The van der Waals surface area contributed by atoms with E-state index in [1.54, 1.807) is 12.3 Å². The van der Waals surface area contributed by atoms with E-state index in [0.29, 0.717) is 41.9 Å². The van der Waals surface area contributed by atoms with Crippen LogP contribution in [0.25, 0.3) is 28.3 Å². The molecule has 180 valence electrons. The van der Waals surface area contributed by atoms with Crippen molar-refractivity contribution >= 4 is 5.95 Å². The van der Waals surface area contributed by atoms with Crippen LogP contribution in [-0.4, -0.2) is 55.5 Å². The van der Waals surface area contributed by atoms with E-state index >= 15 is 0 Å². The van der Waals surface area contributed by atoms with Crippen LogP contribution < -0.4 is 4.90 Å². The highest BCUT2D eigenvalue weighted by Crippen LogP contribution is 2.36. The van der Waals surface area contributed by atoms with Gasteiger partial charge >= 0.3 is 6.18 Å². The normalized spacial score (nSPS) is 18.6. The van der Waals surface area contributed by atoms with Crippen molar-refractivity contribution in [2.24, 2.45) is 0 Å². The molecular weight excluding hydrogens is 459 g/mol. The van der Waals surface area contributed by atoms with Crippen LogP contribution in [0.2, 0.25) is 0 Å². The summed E-state index contributed by atoms with van der Waals surface area (Å²) < 4.78 is 47.7. The summed E-state index contributed by atoms with van der Waals surface area (Å²) in [5, 5.41) is 12.0. The summed E-state index contributed by atoms with van der Waals surface area (Å²) in [6.45, 7) is 4.99. The number of para-hydroxylation sites is 1. The number of ether oxygens (including phenoxy) is 1. The van der Waals surface area contributed by atoms with Crippen molar-refractivity contribution in [3.63, 3.8) is 0 Å². The summed E-state index contributed by atoms with van der Waals surface area (Å²) in [6, 6.07) is 14.3. The second-order valence-electron chi connectivity index (χ2n) is 8.40. The maximum absolute atomic E-state index is 13.5. The third-order valence-electron chi connectivity index (χ3n) is 5.85. The van der Waals surface area contributed by atoms with E-state index in [0.717, 1.165) is 12.1 Å². The van der Waals surface area contributed by atoms with Crippen LogP contribution in [-0.2, 0) is 10.9 Å². The number of rotatable bonds is 4. The van der Waals surface area contributed by atoms with Gasteiger partial charge in [0.2, 0.25) is 5.95 Å². The maximum Gasteiger partial charge on any atom is 0.416 e. The van der Waals surface area contributed by atoms with Crippen LogP contribution in [0.15, 0.2) is 60.8 Å². The first-order valence-corrected chi connectivity index (χ1v) is 11.1. The Balaban J connectivity index is 1.70. The summed E-state index contributed by atoms with van der Waals surface area (Å²) in [5.41, 5.74) is 0.933. The van der Waals surface area contributed by atoms with Gasteiger partial charge in [0.1, 0.15) is 0 Å². The minimum Gasteiger partial charge on any atom is -0.377 e. The first-order valence-electron chi connectivity index (χ1n) is 11.1. The summed E-state index contributed by atoms with van der Waals surface area (Å²) >= 11 is 0. The number of nitrogens with zero attached hydrogens (tertiary/aromatic N) is 7. The van der Waals surface area contributed by atoms with Gasteiger partial charge in [-0.25, -0.2) is 9.97 Å². The highest BCUT2D eigenvalue weighted by atomic mass is 19.4. The molecule has 1 saturated heterocycles. The molecule has 0 bridgehead atoms. The Bertz CT molecular complexity index is 1320. The van der Waals surface area contributed by atoms with Crippen LogP contribution in [0.1, 0.15) is 19.4 Å². The third kappa shape index (κ3) is 4.46. The van der Waals surface area contributed by atoms with Gasteiger partial charge < -0.3 is 9.64 Å². The monoisotopic (exact) mass is 481 g/mol. The number of alkyl halides is 3. The van der Waals surface area contributed by atoms with Crippen molar-refractivity contribution in [1.82, 2.24) is 30.2 Å². The highest BCUT2D eigenvalue weighted by Gasteiger charge is 2.32. The SMILES string of the molecule is C[C@H]1COC[C@H](C)N1c1ncc(-c2nnnn2-c2ccccc2)c(-c2cccc(C(F)(F)F)c2)n1. The molecule has 0 saturated carbocycles. The predicted octanol–water partition coefficient (Wildman–Crippen LogP) is 4.42. The van der Waals surface area contributed by atoms with Crippen molar-refractivity contribution in [3.05, 3.63) is 66.4 Å². The lowest BCUT2D eigenvalue weighted by molar-refractivity contribution is -0.137. The van der Waals surface area contributed by atoms with Gasteiger partial charge in [-0.15, -0.1) is 5.10 Å². The molecule has 0 unspecified atom stereocenters. The molecule has 1 aliphatic rings. The molecule has 0 amide bonds. The largest absolute Gasteiger partial charge is 0.416 e. The van der Waals surface area contributed by atoms with Gasteiger partial charge in [-0.05, 0) is 48.5 Å². The number of halogens is 3. The first-order chi connectivity index (χ1) is 16.8. The number of benzene rings is 2. The topological polar surface area (TPSA) is 81.9 Å².